The highest BCUT2D eigenvalue weighted by Gasteiger charge is 2.37. The van der Waals surface area contributed by atoms with Gasteiger partial charge in [0.25, 0.3) is 0 Å². The first-order valence-electron chi connectivity index (χ1n) is 9.85. The molecule has 0 unspecified atom stereocenters. The molecular weight excluding hydrogens is 353 g/mol. The lowest BCUT2D eigenvalue weighted by molar-refractivity contribution is 0.307. The molecule has 28 heavy (non-hydrogen) atoms. The van der Waals surface area contributed by atoms with E-state index >= 15 is 0 Å². The minimum Gasteiger partial charge on any atom is -0.497 e. The molecule has 0 spiro atoms. The molecule has 0 bridgehead atoms. The predicted molar refractivity (Wildman–Crippen MR) is 107 cm³/mol. The molecule has 0 amide bonds. The summed E-state index contributed by atoms with van der Waals surface area (Å²) in [4.78, 5) is 7.23. The Morgan fingerprint density at radius 2 is 1.75 bits per heavy atom. The first-order valence-corrected chi connectivity index (χ1v) is 9.85. The number of methoxy groups -OCH3 is 1. The Hall–Kier alpha value is -2.66. The number of benzene rings is 2. The van der Waals surface area contributed by atoms with Gasteiger partial charge in [-0.1, -0.05) is 12.1 Å². The molecular formula is C23H24FN3O. The summed E-state index contributed by atoms with van der Waals surface area (Å²) >= 11 is 0. The van der Waals surface area contributed by atoms with E-state index in [4.69, 9.17) is 9.72 Å². The molecule has 0 N–H and O–H groups in total. The lowest BCUT2D eigenvalue weighted by Gasteiger charge is -2.27. The monoisotopic (exact) mass is 377 g/mol. The van der Waals surface area contributed by atoms with Gasteiger partial charge in [0.1, 0.15) is 17.4 Å². The maximum Gasteiger partial charge on any atom is 0.123 e. The maximum absolute atomic E-state index is 13.1. The van der Waals surface area contributed by atoms with Crippen LogP contribution in [0.1, 0.15) is 11.4 Å². The van der Waals surface area contributed by atoms with Gasteiger partial charge in [0.2, 0.25) is 0 Å². The van der Waals surface area contributed by atoms with Crippen LogP contribution in [-0.2, 0) is 19.5 Å². The highest BCUT2D eigenvalue weighted by molar-refractivity contribution is 5.60. The zero-order valence-electron chi connectivity index (χ0n) is 16.0. The molecule has 2 atom stereocenters. The van der Waals surface area contributed by atoms with Crippen LogP contribution in [0.4, 0.5) is 4.39 Å². The van der Waals surface area contributed by atoms with Crippen molar-refractivity contribution in [1.82, 2.24) is 14.5 Å². The van der Waals surface area contributed by atoms with E-state index in [2.05, 4.69) is 21.6 Å². The van der Waals surface area contributed by atoms with Crippen LogP contribution in [0.25, 0.3) is 11.3 Å². The standard InChI is InChI=1S/C23H24FN3O/c1-28-21-8-4-17(5-9-21)22-11-25-23-10-18-13-26(14-19(18)15-27(22)23)12-16-2-6-20(24)7-3-16/h2-9,11,18-19H,10,12-15H2,1H3/t18-,19-/m0/s1. The van der Waals surface area contributed by atoms with Gasteiger partial charge in [0, 0.05) is 38.2 Å². The molecule has 1 aromatic heterocycles. The van der Waals surface area contributed by atoms with Crippen molar-refractivity contribution in [1.29, 1.82) is 0 Å². The fourth-order valence-corrected chi connectivity index (χ4v) is 4.69. The summed E-state index contributed by atoms with van der Waals surface area (Å²) in [6, 6.07) is 15.1. The molecule has 144 valence electrons. The summed E-state index contributed by atoms with van der Waals surface area (Å²) in [6.07, 6.45) is 3.04. The van der Waals surface area contributed by atoms with Crippen molar-refractivity contribution >= 4 is 0 Å². The van der Waals surface area contributed by atoms with E-state index in [0.29, 0.717) is 11.8 Å². The molecule has 0 radical (unpaired) electrons. The van der Waals surface area contributed by atoms with Crippen molar-refractivity contribution in [2.45, 2.75) is 19.5 Å². The number of nitrogens with zero attached hydrogens (tertiary/aromatic N) is 3. The SMILES string of the molecule is COc1ccc(-c2cnc3n2C[C@@H]2CN(Cc4ccc(F)cc4)C[C@@H]2C3)cc1. The van der Waals surface area contributed by atoms with Crippen molar-refractivity contribution in [3.05, 3.63) is 71.9 Å². The van der Waals surface area contributed by atoms with Crippen LogP contribution in [0.15, 0.2) is 54.7 Å². The van der Waals surface area contributed by atoms with Gasteiger partial charge in [-0.2, -0.15) is 0 Å². The number of rotatable bonds is 4. The molecule has 2 aromatic carbocycles. The molecule has 3 heterocycles. The van der Waals surface area contributed by atoms with E-state index in [1.807, 2.05) is 30.5 Å². The topological polar surface area (TPSA) is 30.3 Å². The molecule has 2 aliphatic heterocycles. The van der Waals surface area contributed by atoms with Gasteiger partial charge in [-0.15, -0.1) is 0 Å². The van der Waals surface area contributed by atoms with Crippen molar-refractivity contribution < 1.29 is 9.13 Å². The van der Waals surface area contributed by atoms with Crippen LogP contribution in [-0.4, -0.2) is 34.7 Å². The van der Waals surface area contributed by atoms with Gasteiger partial charge >= 0.3 is 0 Å². The van der Waals surface area contributed by atoms with Crippen LogP contribution < -0.4 is 4.74 Å². The lowest BCUT2D eigenvalue weighted by Crippen LogP contribution is -2.28. The molecule has 5 heteroatoms. The highest BCUT2D eigenvalue weighted by atomic mass is 19.1. The minimum atomic E-state index is -0.171. The minimum absolute atomic E-state index is 0.171. The van der Waals surface area contributed by atoms with Crippen LogP contribution in [0.2, 0.25) is 0 Å². The Morgan fingerprint density at radius 1 is 1.00 bits per heavy atom. The van der Waals surface area contributed by atoms with Crippen molar-refractivity contribution in [2.75, 3.05) is 20.2 Å². The van der Waals surface area contributed by atoms with E-state index < -0.39 is 0 Å². The van der Waals surface area contributed by atoms with E-state index in [9.17, 15) is 4.39 Å². The second kappa shape index (κ2) is 7.06. The second-order valence-electron chi connectivity index (χ2n) is 7.94. The van der Waals surface area contributed by atoms with Crippen LogP contribution in [0.5, 0.6) is 5.75 Å². The number of ether oxygens (including phenoxy) is 1. The van der Waals surface area contributed by atoms with Crippen LogP contribution in [0, 0.1) is 17.7 Å². The van der Waals surface area contributed by atoms with Gasteiger partial charge in [-0.3, -0.25) is 4.90 Å². The highest BCUT2D eigenvalue weighted by Crippen LogP contribution is 2.36. The third-order valence-electron chi connectivity index (χ3n) is 6.16. The summed E-state index contributed by atoms with van der Waals surface area (Å²) in [5.41, 5.74) is 3.55. The van der Waals surface area contributed by atoms with Crippen molar-refractivity contribution in [3.8, 4) is 17.0 Å². The third kappa shape index (κ3) is 3.20. The fraction of sp³-hybridized carbons (Fsp3) is 0.348. The Morgan fingerprint density at radius 3 is 2.50 bits per heavy atom. The van der Waals surface area contributed by atoms with Crippen molar-refractivity contribution in [2.24, 2.45) is 11.8 Å². The smallest absolute Gasteiger partial charge is 0.123 e. The number of hydrogen-bond acceptors (Lipinski definition) is 3. The normalized spacial score (nSPS) is 21.4. The molecule has 3 aromatic rings. The first-order chi connectivity index (χ1) is 13.7. The number of hydrogen-bond donors (Lipinski definition) is 0. The maximum atomic E-state index is 13.1. The third-order valence-corrected chi connectivity index (χ3v) is 6.16. The summed E-state index contributed by atoms with van der Waals surface area (Å²) < 4.78 is 20.8. The number of aromatic nitrogens is 2. The van der Waals surface area contributed by atoms with Gasteiger partial charge in [-0.05, 0) is 53.8 Å². The molecule has 0 aliphatic carbocycles. The molecule has 5 rings (SSSR count). The first kappa shape index (κ1) is 17.4. The number of imidazole rings is 1. The molecule has 4 nitrogen and oxygen atoms in total. The van der Waals surface area contributed by atoms with Crippen LogP contribution >= 0.6 is 0 Å². The summed E-state index contributed by atoms with van der Waals surface area (Å²) in [5.74, 6) is 3.18. The van der Waals surface area contributed by atoms with Crippen molar-refractivity contribution in [3.63, 3.8) is 0 Å². The van der Waals surface area contributed by atoms with Gasteiger partial charge < -0.3 is 9.30 Å². The zero-order chi connectivity index (χ0) is 19.1. The summed E-state index contributed by atoms with van der Waals surface area (Å²) in [7, 11) is 1.69. The fourth-order valence-electron chi connectivity index (χ4n) is 4.69. The predicted octanol–water partition coefficient (Wildman–Crippen LogP) is 4.00. The summed E-state index contributed by atoms with van der Waals surface area (Å²) in [5, 5.41) is 0. The van der Waals surface area contributed by atoms with E-state index in [0.717, 1.165) is 38.3 Å². The number of fused-ring (bicyclic) bond motifs is 2. The molecule has 2 aliphatic rings. The van der Waals surface area contributed by atoms with E-state index in [-0.39, 0.29) is 5.82 Å². The second-order valence-corrected chi connectivity index (χ2v) is 7.94. The van der Waals surface area contributed by atoms with Gasteiger partial charge in [0.05, 0.1) is 19.0 Å². The lowest BCUT2D eigenvalue weighted by atomic mass is 9.89. The van der Waals surface area contributed by atoms with Gasteiger partial charge in [-0.25, -0.2) is 9.37 Å². The largest absolute Gasteiger partial charge is 0.497 e. The Labute approximate surface area is 164 Å². The van der Waals surface area contributed by atoms with Crippen LogP contribution in [0.3, 0.4) is 0 Å². The molecule has 1 fully saturated rings. The molecule has 0 saturated carbocycles. The average molecular weight is 377 g/mol. The summed E-state index contributed by atoms with van der Waals surface area (Å²) in [6.45, 7) is 4.08. The van der Waals surface area contributed by atoms with E-state index in [1.165, 1.54) is 22.6 Å². The average Bonchev–Trinajstić information content (AvgIpc) is 3.30. The molecule has 1 saturated heterocycles. The Kier molecular flexibility index (Phi) is 4.40. The number of halogens is 1. The van der Waals surface area contributed by atoms with E-state index in [1.54, 1.807) is 19.2 Å². The number of likely N-dealkylation sites (tertiary alicyclic amines) is 1. The Bertz CT molecular complexity index is 965. The zero-order valence-corrected chi connectivity index (χ0v) is 16.0. The Balaban J connectivity index is 1.32. The quantitative estimate of drug-likeness (QED) is 0.688. The van der Waals surface area contributed by atoms with Gasteiger partial charge in [0.15, 0.2) is 0 Å².